The number of nitrogens with one attached hydrogen (secondary N) is 1. The Kier molecular flexibility index (Phi) is 10.3. The van der Waals surface area contributed by atoms with Gasteiger partial charge >= 0.3 is 5.97 Å². The zero-order valence-corrected chi connectivity index (χ0v) is 22.2. The van der Waals surface area contributed by atoms with Gasteiger partial charge in [0.2, 0.25) is 5.91 Å². The largest absolute Gasteiger partial charge is 0.462 e. The number of esters is 1. The van der Waals surface area contributed by atoms with Crippen LogP contribution in [0, 0.1) is 0 Å². The first-order valence-electron chi connectivity index (χ1n) is 12.3. The molecule has 1 fully saturated rings. The summed E-state index contributed by atoms with van der Waals surface area (Å²) in [4.78, 5) is 41.6. The van der Waals surface area contributed by atoms with Crippen LogP contribution in [-0.4, -0.2) is 47.0 Å². The van der Waals surface area contributed by atoms with Gasteiger partial charge in [-0.15, -0.1) is 0 Å². The van der Waals surface area contributed by atoms with Crippen LogP contribution in [0.15, 0.2) is 48.5 Å². The Morgan fingerprint density at radius 3 is 2.31 bits per heavy atom. The molecule has 1 unspecified atom stereocenters. The molecule has 1 N–H and O–H groups in total. The summed E-state index contributed by atoms with van der Waals surface area (Å²) >= 11 is 11.7. The number of unbranched alkanes of at least 4 members (excludes halogenated alkanes) is 4. The van der Waals surface area contributed by atoms with Gasteiger partial charge in [0.1, 0.15) is 6.04 Å². The zero-order chi connectivity index (χ0) is 26.1. The maximum Gasteiger partial charge on any atom is 0.338 e. The van der Waals surface area contributed by atoms with Gasteiger partial charge in [-0.1, -0.05) is 44.2 Å². The van der Waals surface area contributed by atoms with Crippen molar-refractivity contribution < 1.29 is 19.1 Å². The van der Waals surface area contributed by atoms with E-state index >= 15 is 0 Å². The third-order valence-corrected chi connectivity index (χ3v) is 6.63. The third-order valence-electron chi connectivity index (χ3n) is 5.96. The van der Waals surface area contributed by atoms with E-state index in [4.69, 9.17) is 28.6 Å². The van der Waals surface area contributed by atoms with Crippen LogP contribution in [0.1, 0.15) is 62.7 Å². The van der Waals surface area contributed by atoms with Crippen molar-refractivity contribution in [2.45, 2.75) is 58.4 Å². The number of ether oxygens (including phenoxy) is 1. The van der Waals surface area contributed by atoms with E-state index in [-0.39, 0.29) is 24.8 Å². The Morgan fingerprint density at radius 2 is 1.67 bits per heavy atom. The first kappa shape index (κ1) is 27.6. The van der Waals surface area contributed by atoms with Crippen molar-refractivity contribution in [3.63, 3.8) is 0 Å². The molecule has 9 heteroatoms. The van der Waals surface area contributed by atoms with E-state index in [1.807, 2.05) is 4.90 Å². The molecule has 0 saturated carbocycles. The van der Waals surface area contributed by atoms with Gasteiger partial charge < -0.3 is 15.0 Å². The molecule has 192 valence electrons. The van der Waals surface area contributed by atoms with Gasteiger partial charge in [-0.3, -0.25) is 14.5 Å². The van der Waals surface area contributed by atoms with Gasteiger partial charge in [-0.25, -0.2) is 4.79 Å². The molecule has 3 rings (SSSR count). The molecule has 0 aromatic heterocycles. The van der Waals surface area contributed by atoms with Crippen LogP contribution in [0.5, 0.6) is 0 Å². The maximum absolute atomic E-state index is 13.4. The molecule has 2 aromatic rings. The van der Waals surface area contributed by atoms with E-state index in [9.17, 15) is 14.4 Å². The number of anilines is 2. The molecule has 0 bridgehead atoms. The molecule has 0 aliphatic carbocycles. The average molecular weight is 530 g/mol. The quantitative estimate of drug-likeness (QED) is 0.212. The minimum absolute atomic E-state index is 0.0440. The third kappa shape index (κ3) is 7.04. The Hall–Kier alpha value is -2.97. The van der Waals surface area contributed by atoms with Crippen LogP contribution in [0.25, 0.3) is 0 Å². The van der Waals surface area contributed by atoms with E-state index in [0.29, 0.717) is 33.6 Å². The SMILES string of the molecule is CCCCCCCN1C(=S)N(c2ccc(Cl)cc2)C(=O)C1CC(=O)Nc1ccc(C(=O)OCC)cc1. The topological polar surface area (TPSA) is 79.0 Å². The van der Waals surface area contributed by atoms with Crippen molar-refractivity contribution in [3.05, 3.63) is 59.1 Å². The van der Waals surface area contributed by atoms with Crippen LogP contribution in [0.2, 0.25) is 5.02 Å². The summed E-state index contributed by atoms with van der Waals surface area (Å²) in [5.41, 5.74) is 1.56. The van der Waals surface area contributed by atoms with Crippen LogP contribution in [0.4, 0.5) is 11.4 Å². The number of benzene rings is 2. The van der Waals surface area contributed by atoms with Gasteiger partial charge in [-0.05, 0) is 74.1 Å². The number of halogens is 1. The van der Waals surface area contributed by atoms with Gasteiger partial charge in [0.05, 0.1) is 24.3 Å². The summed E-state index contributed by atoms with van der Waals surface area (Å²) in [5, 5.41) is 3.78. The van der Waals surface area contributed by atoms with E-state index in [1.165, 1.54) is 11.3 Å². The summed E-state index contributed by atoms with van der Waals surface area (Å²) in [6.45, 7) is 4.80. The smallest absolute Gasteiger partial charge is 0.338 e. The first-order valence-corrected chi connectivity index (χ1v) is 13.1. The molecule has 1 heterocycles. The molecule has 2 aromatic carbocycles. The van der Waals surface area contributed by atoms with Crippen LogP contribution in [-0.2, 0) is 14.3 Å². The lowest BCUT2D eigenvalue weighted by atomic mass is 10.1. The number of carbonyl (C=O) groups is 3. The van der Waals surface area contributed by atoms with E-state index < -0.39 is 12.0 Å². The summed E-state index contributed by atoms with van der Waals surface area (Å²) in [7, 11) is 0. The van der Waals surface area contributed by atoms with Crippen molar-refractivity contribution in [1.29, 1.82) is 0 Å². The molecule has 1 saturated heterocycles. The highest BCUT2D eigenvalue weighted by molar-refractivity contribution is 7.80. The second-order valence-electron chi connectivity index (χ2n) is 8.61. The maximum atomic E-state index is 13.4. The normalized spacial score (nSPS) is 15.4. The van der Waals surface area contributed by atoms with Crippen LogP contribution >= 0.6 is 23.8 Å². The fourth-order valence-electron chi connectivity index (χ4n) is 4.09. The highest BCUT2D eigenvalue weighted by atomic mass is 35.5. The fourth-order valence-corrected chi connectivity index (χ4v) is 4.63. The number of hydrogen-bond acceptors (Lipinski definition) is 5. The standard InChI is InChI=1S/C27H32ClN3O4S/c1-3-5-6-7-8-17-30-23(25(33)31(27(30)36)22-15-11-20(28)12-16-22)18-24(32)29-21-13-9-19(10-14-21)26(34)35-4-2/h9-16,23H,3-8,17-18H2,1-2H3,(H,29,32). The first-order chi connectivity index (χ1) is 17.3. The van der Waals surface area contributed by atoms with Crippen molar-refractivity contribution >= 4 is 58.1 Å². The highest BCUT2D eigenvalue weighted by Gasteiger charge is 2.43. The summed E-state index contributed by atoms with van der Waals surface area (Å²) < 4.78 is 4.98. The van der Waals surface area contributed by atoms with Gasteiger partial charge in [-0.2, -0.15) is 0 Å². The molecule has 2 amide bonds. The second-order valence-corrected chi connectivity index (χ2v) is 9.41. The Balaban J connectivity index is 1.71. The Labute approximate surface area is 222 Å². The van der Waals surface area contributed by atoms with Gasteiger partial charge in [0.25, 0.3) is 5.91 Å². The predicted molar refractivity (Wildman–Crippen MR) is 146 cm³/mol. The van der Waals surface area contributed by atoms with Gasteiger partial charge in [0.15, 0.2) is 5.11 Å². The van der Waals surface area contributed by atoms with E-state index in [1.54, 1.807) is 55.5 Å². The van der Waals surface area contributed by atoms with Crippen molar-refractivity contribution in [2.24, 2.45) is 0 Å². The molecular formula is C27H32ClN3O4S. The second kappa shape index (κ2) is 13.4. The Morgan fingerprint density at radius 1 is 1.00 bits per heavy atom. The molecule has 1 aliphatic rings. The predicted octanol–water partition coefficient (Wildman–Crippen LogP) is 5.82. The number of thiocarbonyl (C=S) groups is 1. The average Bonchev–Trinajstić information content (AvgIpc) is 3.09. The fraction of sp³-hybridized carbons (Fsp3) is 0.407. The van der Waals surface area contributed by atoms with Crippen molar-refractivity contribution in [2.75, 3.05) is 23.4 Å². The molecular weight excluding hydrogens is 498 g/mol. The van der Waals surface area contributed by atoms with Crippen LogP contribution in [0.3, 0.4) is 0 Å². The number of hydrogen-bond donors (Lipinski definition) is 1. The minimum atomic E-state index is -0.696. The monoisotopic (exact) mass is 529 g/mol. The molecule has 1 aliphatic heterocycles. The number of nitrogens with zero attached hydrogens (tertiary/aromatic N) is 2. The van der Waals surface area contributed by atoms with Gasteiger partial charge in [0, 0.05) is 17.3 Å². The zero-order valence-electron chi connectivity index (χ0n) is 20.7. The summed E-state index contributed by atoms with van der Waals surface area (Å²) in [6, 6.07) is 12.7. The lowest BCUT2D eigenvalue weighted by molar-refractivity contribution is -0.124. The molecule has 0 spiro atoms. The molecule has 0 radical (unpaired) electrons. The molecule has 1 atom stereocenters. The van der Waals surface area contributed by atoms with Crippen LogP contribution < -0.4 is 10.2 Å². The number of amides is 2. The lowest BCUT2D eigenvalue weighted by Crippen LogP contribution is -2.38. The summed E-state index contributed by atoms with van der Waals surface area (Å²) in [5.74, 6) is -0.963. The minimum Gasteiger partial charge on any atom is -0.462 e. The van der Waals surface area contributed by atoms with E-state index in [0.717, 1.165) is 25.7 Å². The molecule has 36 heavy (non-hydrogen) atoms. The molecule has 7 nitrogen and oxygen atoms in total. The lowest BCUT2D eigenvalue weighted by Gasteiger charge is -2.24. The number of carbonyl (C=O) groups excluding carboxylic acids is 3. The Bertz CT molecular complexity index is 1080. The van der Waals surface area contributed by atoms with Crippen molar-refractivity contribution in [1.82, 2.24) is 4.90 Å². The van der Waals surface area contributed by atoms with E-state index in [2.05, 4.69) is 12.2 Å². The highest BCUT2D eigenvalue weighted by Crippen LogP contribution is 2.29. The number of rotatable bonds is 12. The van der Waals surface area contributed by atoms with Crippen molar-refractivity contribution in [3.8, 4) is 0 Å². The summed E-state index contributed by atoms with van der Waals surface area (Å²) in [6.07, 6.45) is 5.31.